The summed E-state index contributed by atoms with van der Waals surface area (Å²) in [6.07, 6.45) is 0.336. The second kappa shape index (κ2) is 14.6. The summed E-state index contributed by atoms with van der Waals surface area (Å²) in [7, 11) is 0. The van der Waals surface area contributed by atoms with Crippen LogP contribution in [-0.2, 0) is 11.3 Å². The van der Waals surface area contributed by atoms with Crippen LogP contribution in [0.15, 0.2) is 23.2 Å². The van der Waals surface area contributed by atoms with Crippen molar-refractivity contribution in [1.82, 2.24) is 15.5 Å². The number of carbonyl (C=O) groups excluding carboxylic acids is 1. The van der Waals surface area contributed by atoms with Crippen molar-refractivity contribution in [2.24, 2.45) is 4.99 Å². The van der Waals surface area contributed by atoms with Crippen LogP contribution >= 0.6 is 35.6 Å². The molecule has 0 aromatic heterocycles. The first-order valence-corrected chi connectivity index (χ1v) is 9.32. The van der Waals surface area contributed by atoms with Crippen LogP contribution < -0.4 is 15.4 Å². The van der Waals surface area contributed by atoms with E-state index in [1.807, 2.05) is 20.8 Å². The summed E-state index contributed by atoms with van der Waals surface area (Å²) in [6, 6.07) is 4.41. The molecular weight excluding hydrogens is 505 g/mol. The molecule has 0 heterocycles. The highest BCUT2D eigenvalue weighted by molar-refractivity contribution is 14.0. The summed E-state index contributed by atoms with van der Waals surface area (Å²) in [6.45, 7) is 5.32. The molecule has 6 nitrogen and oxygen atoms in total. The second-order valence-corrected chi connectivity index (χ2v) is 6.00. The Labute approximate surface area is 187 Å². The van der Waals surface area contributed by atoms with Crippen molar-refractivity contribution >= 4 is 47.4 Å². The topological polar surface area (TPSA) is 66.0 Å². The number of halogens is 4. The van der Waals surface area contributed by atoms with E-state index in [1.54, 1.807) is 4.90 Å². The van der Waals surface area contributed by atoms with E-state index >= 15 is 0 Å². The van der Waals surface area contributed by atoms with Gasteiger partial charge in [-0.05, 0) is 39.0 Å². The van der Waals surface area contributed by atoms with E-state index in [0.29, 0.717) is 49.1 Å². The van der Waals surface area contributed by atoms with E-state index in [1.165, 1.54) is 18.2 Å². The van der Waals surface area contributed by atoms with E-state index in [-0.39, 0.29) is 42.2 Å². The van der Waals surface area contributed by atoms with Gasteiger partial charge in [0.15, 0.2) is 5.96 Å². The molecule has 1 aromatic rings. The third kappa shape index (κ3) is 9.72. The maximum absolute atomic E-state index is 12.5. The molecule has 0 aliphatic carbocycles. The zero-order chi connectivity index (χ0) is 20.2. The number of ether oxygens (including phenoxy) is 1. The number of aliphatic imine (C=N–C) groups is 1. The number of hydrogen-bond acceptors (Lipinski definition) is 3. The Morgan fingerprint density at radius 3 is 2.50 bits per heavy atom. The maximum atomic E-state index is 12.5. The van der Waals surface area contributed by atoms with Crippen LogP contribution in [0.3, 0.4) is 0 Å². The predicted octanol–water partition coefficient (Wildman–Crippen LogP) is 3.87. The highest BCUT2D eigenvalue weighted by Crippen LogP contribution is 2.25. The van der Waals surface area contributed by atoms with Crippen molar-refractivity contribution in [3.05, 3.63) is 28.8 Å². The Balaban J connectivity index is 0.00000729. The Kier molecular flexibility index (Phi) is 13.9. The van der Waals surface area contributed by atoms with Gasteiger partial charge in [-0.3, -0.25) is 4.79 Å². The lowest BCUT2D eigenvalue weighted by molar-refractivity contribution is -0.130. The van der Waals surface area contributed by atoms with Crippen molar-refractivity contribution in [3.63, 3.8) is 0 Å². The molecule has 0 atom stereocenters. The lowest BCUT2D eigenvalue weighted by Crippen LogP contribution is -2.40. The molecule has 10 heteroatoms. The first kappa shape index (κ1) is 26.6. The largest absolute Gasteiger partial charge is 0.434 e. The molecule has 0 aliphatic heterocycles. The lowest BCUT2D eigenvalue weighted by atomic mass is 10.2. The fraction of sp³-hybridized carbons (Fsp3) is 0.556. The molecule has 1 amide bonds. The van der Waals surface area contributed by atoms with Gasteiger partial charge in [0, 0.05) is 43.2 Å². The van der Waals surface area contributed by atoms with Gasteiger partial charge < -0.3 is 20.3 Å². The average Bonchev–Trinajstić information content (AvgIpc) is 2.62. The number of guanidine groups is 1. The van der Waals surface area contributed by atoms with Crippen molar-refractivity contribution in [2.45, 2.75) is 40.3 Å². The summed E-state index contributed by atoms with van der Waals surface area (Å²) in [5, 5.41) is 6.53. The Hall–Kier alpha value is -1.36. The van der Waals surface area contributed by atoms with Crippen molar-refractivity contribution in [2.75, 3.05) is 26.2 Å². The number of nitrogens with one attached hydrogen (secondary N) is 2. The van der Waals surface area contributed by atoms with Crippen molar-refractivity contribution in [3.8, 4) is 5.75 Å². The second-order valence-electron chi connectivity index (χ2n) is 5.57. The summed E-state index contributed by atoms with van der Waals surface area (Å²) in [4.78, 5) is 18.1. The Bertz CT molecular complexity index is 632. The molecule has 0 unspecified atom stereocenters. The van der Waals surface area contributed by atoms with E-state index in [2.05, 4.69) is 20.4 Å². The molecule has 0 saturated heterocycles. The highest BCUT2D eigenvalue weighted by atomic mass is 127. The molecule has 28 heavy (non-hydrogen) atoms. The van der Waals surface area contributed by atoms with Gasteiger partial charge in [-0.15, -0.1) is 24.0 Å². The Morgan fingerprint density at radius 1 is 1.25 bits per heavy atom. The number of amides is 1. The van der Waals surface area contributed by atoms with Crippen LogP contribution in [0.25, 0.3) is 0 Å². The smallest absolute Gasteiger partial charge is 0.387 e. The van der Waals surface area contributed by atoms with Gasteiger partial charge in [0.1, 0.15) is 5.75 Å². The monoisotopic (exact) mass is 532 g/mol. The van der Waals surface area contributed by atoms with Crippen molar-refractivity contribution in [1.29, 1.82) is 0 Å². The molecular formula is C18H28ClF2IN4O2. The van der Waals surface area contributed by atoms with E-state index < -0.39 is 6.61 Å². The standard InChI is InChI=1S/C18H27ClF2N4O2.HI/c1-4-22-18(23-10-9-16(26)25(5-2)6-3)24-12-13-11-14(19)7-8-15(13)27-17(20)21;/h7-8,11,17H,4-6,9-10,12H2,1-3H3,(H2,22,23,24);1H. The van der Waals surface area contributed by atoms with Gasteiger partial charge in [-0.25, -0.2) is 4.99 Å². The van der Waals surface area contributed by atoms with Gasteiger partial charge in [0.2, 0.25) is 5.91 Å². The Morgan fingerprint density at radius 2 is 1.93 bits per heavy atom. The van der Waals surface area contributed by atoms with Crippen molar-refractivity contribution < 1.29 is 18.3 Å². The number of alkyl halides is 2. The summed E-state index contributed by atoms with van der Waals surface area (Å²) >= 11 is 5.94. The summed E-state index contributed by atoms with van der Waals surface area (Å²) in [5.41, 5.74) is 0.444. The number of nitrogens with zero attached hydrogens (tertiary/aromatic N) is 2. The van der Waals surface area contributed by atoms with Gasteiger partial charge in [-0.2, -0.15) is 8.78 Å². The molecule has 0 bridgehead atoms. The van der Waals surface area contributed by atoms with Crippen LogP contribution in [0, 0.1) is 0 Å². The van der Waals surface area contributed by atoms with Crippen LogP contribution in [-0.4, -0.2) is 49.6 Å². The fourth-order valence-corrected chi connectivity index (χ4v) is 2.61. The van der Waals surface area contributed by atoms with Crippen LogP contribution in [0.2, 0.25) is 5.02 Å². The lowest BCUT2D eigenvalue weighted by Gasteiger charge is -2.19. The normalized spacial score (nSPS) is 11.0. The zero-order valence-electron chi connectivity index (χ0n) is 16.3. The van der Waals surface area contributed by atoms with E-state index in [9.17, 15) is 13.6 Å². The minimum atomic E-state index is -2.92. The first-order chi connectivity index (χ1) is 12.9. The van der Waals surface area contributed by atoms with Crippen LogP contribution in [0.5, 0.6) is 5.75 Å². The minimum absolute atomic E-state index is 0. The van der Waals surface area contributed by atoms with Crippen LogP contribution in [0.1, 0.15) is 32.8 Å². The fourth-order valence-electron chi connectivity index (χ4n) is 2.41. The molecule has 1 aromatic carbocycles. The third-order valence-corrected chi connectivity index (χ3v) is 3.97. The number of rotatable bonds is 10. The first-order valence-electron chi connectivity index (χ1n) is 8.94. The molecule has 2 N–H and O–H groups in total. The van der Waals surface area contributed by atoms with Gasteiger partial charge in [0.25, 0.3) is 0 Å². The zero-order valence-corrected chi connectivity index (χ0v) is 19.4. The molecule has 1 rings (SSSR count). The quantitative estimate of drug-likeness (QED) is 0.273. The molecule has 0 aliphatic rings. The molecule has 0 fully saturated rings. The number of carbonyl (C=O) groups is 1. The minimum Gasteiger partial charge on any atom is -0.434 e. The predicted molar refractivity (Wildman–Crippen MR) is 119 cm³/mol. The van der Waals surface area contributed by atoms with Gasteiger partial charge in [-0.1, -0.05) is 11.6 Å². The molecule has 160 valence electrons. The molecule has 0 spiro atoms. The summed E-state index contributed by atoms with van der Waals surface area (Å²) in [5.74, 6) is 0.573. The summed E-state index contributed by atoms with van der Waals surface area (Å²) < 4.78 is 29.6. The van der Waals surface area contributed by atoms with Gasteiger partial charge >= 0.3 is 6.61 Å². The molecule has 0 saturated carbocycles. The highest BCUT2D eigenvalue weighted by Gasteiger charge is 2.11. The maximum Gasteiger partial charge on any atom is 0.387 e. The third-order valence-electron chi connectivity index (χ3n) is 3.74. The van der Waals surface area contributed by atoms with Gasteiger partial charge in [0.05, 0.1) is 6.54 Å². The number of hydrogen-bond donors (Lipinski definition) is 2. The average molecular weight is 533 g/mol. The van der Waals surface area contributed by atoms with E-state index in [0.717, 1.165) is 0 Å². The SMILES string of the molecule is CCNC(=NCc1cc(Cl)ccc1OC(F)F)NCCC(=O)N(CC)CC.I. The van der Waals surface area contributed by atoms with Crippen LogP contribution in [0.4, 0.5) is 8.78 Å². The molecule has 0 radical (unpaired) electrons. The van der Waals surface area contributed by atoms with E-state index in [4.69, 9.17) is 11.6 Å². The number of benzene rings is 1.